The van der Waals surface area contributed by atoms with Gasteiger partial charge >= 0.3 is 0 Å². The molecule has 2 rings (SSSR count). The molecular weight excluding hydrogens is 325 g/mol. The summed E-state index contributed by atoms with van der Waals surface area (Å²) >= 11 is 3.33. The van der Waals surface area contributed by atoms with Gasteiger partial charge < -0.3 is 15.2 Å². The van der Waals surface area contributed by atoms with Crippen molar-refractivity contribution >= 4 is 15.9 Å². The van der Waals surface area contributed by atoms with E-state index in [1.165, 1.54) is 12.1 Å². The molecule has 3 nitrogen and oxygen atoms in total. The van der Waals surface area contributed by atoms with Crippen LogP contribution < -0.4 is 15.2 Å². The minimum Gasteiger partial charge on any atom is -0.497 e. The van der Waals surface area contributed by atoms with E-state index in [0.29, 0.717) is 10.2 Å². The molecule has 0 aromatic heterocycles. The second-order valence-electron chi connectivity index (χ2n) is 4.19. The van der Waals surface area contributed by atoms with Gasteiger partial charge in [-0.15, -0.1) is 0 Å². The van der Waals surface area contributed by atoms with E-state index in [2.05, 4.69) is 15.9 Å². The average Bonchev–Trinajstić information content (AvgIpc) is 2.48. The molecule has 0 spiro atoms. The lowest BCUT2D eigenvalue weighted by molar-refractivity contribution is 0.211. The fraction of sp³-hybridized carbons (Fsp3) is 0.200. The highest BCUT2D eigenvalue weighted by Crippen LogP contribution is 2.30. The normalized spacial score (nSPS) is 12.0. The molecule has 1 unspecified atom stereocenters. The van der Waals surface area contributed by atoms with Crippen LogP contribution in [0.25, 0.3) is 0 Å². The lowest BCUT2D eigenvalue weighted by Gasteiger charge is -2.19. The van der Waals surface area contributed by atoms with Crippen LogP contribution in [0.4, 0.5) is 4.39 Å². The predicted octanol–water partition coefficient (Wildman–Crippen LogP) is 3.68. The molecule has 0 heterocycles. The molecule has 0 amide bonds. The lowest BCUT2D eigenvalue weighted by atomic mass is 10.1. The molecule has 0 radical (unpaired) electrons. The Kier molecular flexibility index (Phi) is 4.98. The van der Waals surface area contributed by atoms with E-state index in [1.807, 2.05) is 24.3 Å². The SMILES string of the molecule is COc1cccc(C(CN)Oc2cc(F)ccc2Br)c1. The van der Waals surface area contributed by atoms with Gasteiger partial charge in [-0.1, -0.05) is 12.1 Å². The quantitative estimate of drug-likeness (QED) is 0.903. The summed E-state index contributed by atoms with van der Waals surface area (Å²) in [7, 11) is 1.60. The fourth-order valence-electron chi connectivity index (χ4n) is 1.81. The van der Waals surface area contributed by atoms with Crippen LogP contribution in [0, 0.1) is 5.82 Å². The summed E-state index contributed by atoms with van der Waals surface area (Å²) < 4.78 is 24.9. The number of nitrogens with two attached hydrogens (primary N) is 1. The first kappa shape index (κ1) is 14.8. The van der Waals surface area contributed by atoms with Crippen molar-refractivity contribution in [2.24, 2.45) is 5.73 Å². The van der Waals surface area contributed by atoms with Gasteiger partial charge in [0.05, 0.1) is 11.6 Å². The van der Waals surface area contributed by atoms with Crippen LogP contribution in [-0.2, 0) is 0 Å². The molecule has 106 valence electrons. The van der Waals surface area contributed by atoms with Crippen molar-refractivity contribution in [2.75, 3.05) is 13.7 Å². The molecule has 1 atom stereocenters. The molecule has 2 aromatic carbocycles. The van der Waals surface area contributed by atoms with Crippen LogP contribution in [0.3, 0.4) is 0 Å². The maximum atomic E-state index is 13.3. The first-order chi connectivity index (χ1) is 9.63. The maximum Gasteiger partial charge on any atom is 0.137 e. The third-order valence-electron chi connectivity index (χ3n) is 2.84. The van der Waals surface area contributed by atoms with Crippen molar-refractivity contribution in [1.29, 1.82) is 0 Å². The highest BCUT2D eigenvalue weighted by atomic mass is 79.9. The second-order valence-corrected chi connectivity index (χ2v) is 5.05. The van der Waals surface area contributed by atoms with Crippen molar-refractivity contribution in [2.45, 2.75) is 6.10 Å². The number of hydrogen-bond donors (Lipinski definition) is 1. The van der Waals surface area contributed by atoms with Crippen LogP contribution >= 0.6 is 15.9 Å². The zero-order valence-corrected chi connectivity index (χ0v) is 12.6. The van der Waals surface area contributed by atoms with Crippen molar-refractivity contribution in [1.82, 2.24) is 0 Å². The van der Waals surface area contributed by atoms with E-state index in [9.17, 15) is 4.39 Å². The Morgan fingerprint density at radius 2 is 2.05 bits per heavy atom. The molecule has 0 aliphatic carbocycles. The Balaban J connectivity index is 2.26. The van der Waals surface area contributed by atoms with Gasteiger partial charge in [-0.3, -0.25) is 0 Å². The van der Waals surface area contributed by atoms with Crippen molar-refractivity contribution < 1.29 is 13.9 Å². The summed E-state index contributed by atoms with van der Waals surface area (Å²) in [6, 6.07) is 11.7. The van der Waals surface area contributed by atoms with Crippen molar-refractivity contribution in [3.05, 3.63) is 58.3 Å². The molecule has 2 aromatic rings. The third-order valence-corrected chi connectivity index (χ3v) is 3.50. The molecule has 0 fully saturated rings. The minimum absolute atomic E-state index is 0.274. The van der Waals surface area contributed by atoms with Crippen LogP contribution in [0.1, 0.15) is 11.7 Å². The van der Waals surface area contributed by atoms with Crippen molar-refractivity contribution in [3.8, 4) is 11.5 Å². The summed E-state index contributed by atoms with van der Waals surface area (Å²) in [6.07, 6.45) is -0.372. The molecule has 20 heavy (non-hydrogen) atoms. The van der Waals surface area contributed by atoms with Gasteiger partial charge in [0.1, 0.15) is 23.4 Å². The van der Waals surface area contributed by atoms with E-state index < -0.39 is 0 Å². The number of ether oxygens (including phenoxy) is 2. The Labute approximate surface area is 125 Å². The van der Waals surface area contributed by atoms with Gasteiger partial charge in [-0.2, -0.15) is 0 Å². The first-order valence-corrected chi connectivity index (χ1v) is 6.89. The zero-order chi connectivity index (χ0) is 14.5. The van der Waals surface area contributed by atoms with Crippen LogP contribution in [0.2, 0.25) is 0 Å². The number of benzene rings is 2. The summed E-state index contributed by atoms with van der Waals surface area (Å²) in [5.41, 5.74) is 6.64. The Bertz CT molecular complexity index is 592. The van der Waals surface area contributed by atoms with Crippen LogP contribution in [0.15, 0.2) is 46.9 Å². The van der Waals surface area contributed by atoms with Crippen LogP contribution in [-0.4, -0.2) is 13.7 Å². The standard InChI is InChI=1S/C15H15BrFNO2/c1-19-12-4-2-3-10(7-12)15(9-18)20-14-8-11(17)5-6-13(14)16/h2-8,15H,9,18H2,1H3. The molecule has 0 aliphatic heterocycles. The first-order valence-electron chi connectivity index (χ1n) is 6.09. The van der Waals surface area contributed by atoms with Gasteiger partial charge in [-0.05, 0) is 45.8 Å². The van der Waals surface area contributed by atoms with E-state index in [0.717, 1.165) is 11.3 Å². The monoisotopic (exact) mass is 339 g/mol. The predicted molar refractivity (Wildman–Crippen MR) is 79.5 cm³/mol. The van der Waals surface area contributed by atoms with Gasteiger partial charge in [-0.25, -0.2) is 4.39 Å². The molecule has 0 bridgehead atoms. The summed E-state index contributed by atoms with van der Waals surface area (Å²) in [5, 5.41) is 0. The molecule has 0 aliphatic rings. The Morgan fingerprint density at radius 1 is 1.25 bits per heavy atom. The van der Waals surface area contributed by atoms with Gasteiger partial charge in [0.15, 0.2) is 0 Å². The molecule has 2 N–H and O–H groups in total. The maximum absolute atomic E-state index is 13.3. The molecular formula is C15H15BrFNO2. The smallest absolute Gasteiger partial charge is 0.137 e. The summed E-state index contributed by atoms with van der Waals surface area (Å²) in [4.78, 5) is 0. The molecule has 0 saturated heterocycles. The zero-order valence-electron chi connectivity index (χ0n) is 11.0. The van der Waals surface area contributed by atoms with Gasteiger partial charge in [0.2, 0.25) is 0 Å². The van der Waals surface area contributed by atoms with E-state index >= 15 is 0 Å². The minimum atomic E-state index is -0.372. The Hall–Kier alpha value is -1.59. The molecule has 0 saturated carbocycles. The average molecular weight is 340 g/mol. The number of halogens is 2. The highest BCUT2D eigenvalue weighted by molar-refractivity contribution is 9.10. The molecule has 5 heteroatoms. The second kappa shape index (κ2) is 6.72. The van der Waals surface area contributed by atoms with E-state index in [1.54, 1.807) is 13.2 Å². The number of rotatable bonds is 5. The van der Waals surface area contributed by atoms with E-state index in [4.69, 9.17) is 15.2 Å². The third kappa shape index (κ3) is 3.49. The Morgan fingerprint density at radius 3 is 2.75 bits per heavy atom. The van der Waals surface area contributed by atoms with Gasteiger partial charge in [0.25, 0.3) is 0 Å². The van der Waals surface area contributed by atoms with Crippen molar-refractivity contribution in [3.63, 3.8) is 0 Å². The fourth-order valence-corrected chi connectivity index (χ4v) is 2.15. The van der Waals surface area contributed by atoms with Crippen LogP contribution in [0.5, 0.6) is 11.5 Å². The largest absolute Gasteiger partial charge is 0.497 e. The summed E-state index contributed by atoms with van der Waals surface area (Å²) in [6.45, 7) is 0.274. The van der Waals surface area contributed by atoms with E-state index in [-0.39, 0.29) is 18.5 Å². The topological polar surface area (TPSA) is 44.5 Å². The lowest BCUT2D eigenvalue weighted by Crippen LogP contribution is -2.18. The van der Waals surface area contributed by atoms with Gasteiger partial charge in [0, 0.05) is 12.6 Å². The highest BCUT2D eigenvalue weighted by Gasteiger charge is 2.14. The number of hydrogen-bond acceptors (Lipinski definition) is 3. The summed E-state index contributed by atoms with van der Waals surface area (Å²) in [5.74, 6) is 0.788. The number of methoxy groups -OCH3 is 1.